The third-order valence-corrected chi connectivity index (χ3v) is 4.80. The number of nitrogens with zero attached hydrogens (tertiary/aromatic N) is 2. The lowest BCUT2D eigenvalue weighted by atomic mass is 10.1. The van der Waals surface area contributed by atoms with Gasteiger partial charge in [-0.1, -0.05) is 12.1 Å². The average Bonchev–Trinajstić information content (AvgIpc) is 3.32. The van der Waals surface area contributed by atoms with E-state index in [0.717, 1.165) is 36.5 Å². The van der Waals surface area contributed by atoms with Gasteiger partial charge in [0, 0.05) is 30.4 Å². The molecule has 144 valence electrons. The molecule has 0 spiro atoms. The van der Waals surface area contributed by atoms with Crippen LogP contribution in [0.3, 0.4) is 0 Å². The van der Waals surface area contributed by atoms with Gasteiger partial charge in [0.1, 0.15) is 5.82 Å². The molecule has 2 amide bonds. The van der Waals surface area contributed by atoms with Gasteiger partial charge < -0.3 is 24.7 Å². The molecule has 1 aliphatic rings. The third kappa shape index (κ3) is 3.51. The van der Waals surface area contributed by atoms with E-state index in [1.54, 1.807) is 32.4 Å². The van der Waals surface area contributed by atoms with Gasteiger partial charge in [0.15, 0.2) is 11.5 Å². The van der Waals surface area contributed by atoms with E-state index in [2.05, 4.69) is 20.2 Å². The number of carbonyl (C=O) groups is 1. The predicted molar refractivity (Wildman–Crippen MR) is 108 cm³/mol. The molecule has 4 rings (SSSR count). The molecule has 0 aliphatic carbocycles. The van der Waals surface area contributed by atoms with E-state index in [-0.39, 0.29) is 6.03 Å². The Balaban J connectivity index is 1.42. The van der Waals surface area contributed by atoms with Crippen LogP contribution in [0.4, 0.5) is 16.2 Å². The Hall–Kier alpha value is -3.48. The van der Waals surface area contributed by atoms with Crippen LogP contribution in [0, 0.1) is 0 Å². The van der Waals surface area contributed by atoms with Gasteiger partial charge in [0.25, 0.3) is 0 Å². The molecule has 1 aliphatic heterocycles. The highest BCUT2D eigenvalue weighted by Crippen LogP contribution is 2.30. The maximum absolute atomic E-state index is 12.3. The molecule has 28 heavy (non-hydrogen) atoms. The highest BCUT2D eigenvalue weighted by molar-refractivity contribution is 6.00. The number of rotatable bonds is 5. The molecule has 0 bridgehead atoms. The fourth-order valence-electron chi connectivity index (χ4n) is 3.42. The molecule has 0 saturated heterocycles. The number of aryl methyl sites for hydroxylation is 1. The standard InChI is InChI=1S/C21H22N4O3/c1-27-18-10-9-16(12-19(18)28-2)24-21(26)23-15-7-5-14(6-8-15)17-13-22-20-4-3-11-25(17)20/h5-10,12-13H,3-4,11H2,1-2H3,(H2,23,24,26). The number of imidazole rings is 1. The SMILES string of the molecule is COc1ccc(NC(=O)Nc2ccc(-c3cnc4n3CCC4)cc2)cc1OC. The molecule has 2 aromatic carbocycles. The van der Waals surface area contributed by atoms with Crippen LogP contribution in [0.15, 0.2) is 48.7 Å². The zero-order chi connectivity index (χ0) is 19.5. The minimum Gasteiger partial charge on any atom is -0.493 e. The van der Waals surface area contributed by atoms with Crippen LogP contribution in [0.5, 0.6) is 11.5 Å². The predicted octanol–water partition coefficient (Wildman–Crippen LogP) is 4.16. The molecular formula is C21H22N4O3. The lowest BCUT2D eigenvalue weighted by Crippen LogP contribution is -2.19. The second kappa shape index (κ2) is 7.64. The molecule has 2 heterocycles. The Kier molecular flexibility index (Phi) is 4.89. The number of urea groups is 1. The number of carbonyl (C=O) groups excluding carboxylic acids is 1. The van der Waals surface area contributed by atoms with Gasteiger partial charge in [-0.25, -0.2) is 9.78 Å². The summed E-state index contributed by atoms with van der Waals surface area (Å²) < 4.78 is 12.7. The highest BCUT2D eigenvalue weighted by Gasteiger charge is 2.16. The van der Waals surface area contributed by atoms with E-state index in [9.17, 15) is 4.79 Å². The number of amides is 2. The van der Waals surface area contributed by atoms with Crippen molar-refractivity contribution >= 4 is 17.4 Å². The molecule has 0 saturated carbocycles. The fourth-order valence-corrected chi connectivity index (χ4v) is 3.42. The lowest BCUT2D eigenvalue weighted by Gasteiger charge is -2.12. The summed E-state index contributed by atoms with van der Waals surface area (Å²) >= 11 is 0. The molecule has 0 atom stereocenters. The Morgan fingerprint density at radius 3 is 2.46 bits per heavy atom. The topological polar surface area (TPSA) is 77.4 Å². The van der Waals surface area contributed by atoms with Crippen LogP contribution in [0.25, 0.3) is 11.3 Å². The van der Waals surface area contributed by atoms with Crippen LogP contribution in [-0.2, 0) is 13.0 Å². The number of methoxy groups -OCH3 is 2. The van der Waals surface area contributed by atoms with E-state index in [0.29, 0.717) is 22.9 Å². The Morgan fingerprint density at radius 2 is 1.71 bits per heavy atom. The van der Waals surface area contributed by atoms with Crippen molar-refractivity contribution in [2.45, 2.75) is 19.4 Å². The first kappa shape index (κ1) is 17.9. The maximum atomic E-state index is 12.3. The van der Waals surface area contributed by atoms with Crippen LogP contribution in [-0.4, -0.2) is 29.8 Å². The monoisotopic (exact) mass is 378 g/mol. The number of hydrogen-bond acceptors (Lipinski definition) is 4. The first-order valence-electron chi connectivity index (χ1n) is 9.13. The van der Waals surface area contributed by atoms with Gasteiger partial charge in [0.2, 0.25) is 0 Å². The van der Waals surface area contributed by atoms with Crippen molar-refractivity contribution in [2.75, 3.05) is 24.9 Å². The van der Waals surface area contributed by atoms with Crippen molar-refractivity contribution in [1.29, 1.82) is 0 Å². The van der Waals surface area contributed by atoms with Crippen molar-refractivity contribution in [2.24, 2.45) is 0 Å². The van der Waals surface area contributed by atoms with Crippen LogP contribution >= 0.6 is 0 Å². The lowest BCUT2D eigenvalue weighted by molar-refractivity contribution is 0.262. The molecule has 2 N–H and O–H groups in total. The summed E-state index contributed by atoms with van der Waals surface area (Å²) in [5, 5.41) is 5.63. The Labute approximate surface area is 163 Å². The largest absolute Gasteiger partial charge is 0.493 e. The van der Waals surface area contributed by atoms with Gasteiger partial charge in [-0.3, -0.25) is 0 Å². The molecule has 1 aromatic heterocycles. The van der Waals surface area contributed by atoms with E-state index in [1.807, 2.05) is 30.5 Å². The summed E-state index contributed by atoms with van der Waals surface area (Å²) in [5.74, 6) is 2.31. The van der Waals surface area contributed by atoms with E-state index >= 15 is 0 Å². The van der Waals surface area contributed by atoms with Crippen molar-refractivity contribution in [3.8, 4) is 22.8 Å². The maximum Gasteiger partial charge on any atom is 0.323 e. The van der Waals surface area contributed by atoms with Gasteiger partial charge in [0.05, 0.1) is 26.1 Å². The van der Waals surface area contributed by atoms with Gasteiger partial charge in [-0.2, -0.15) is 0 Å². The Morgan fingerprint density at radius 1 is 1.00 bits per heavy atom. The number of hydrogen-bond donors (Lipinski definition) is 2. The Bertz CT molecular complexity index is 995. The summed E-state index contributed by atoms with van der Waals surface area (Å²) in [6.45, 7) is 1.01. The number of aromatic nitrogens is 2. The summed E-state index contributed by atoms with van der Waals surface area (Å²) in [7, 11) is 3.12. The van der Waals surface area contributed by atoms with Crippen LogP contribution < -0.4 is 20.1 Å². The van der Waals surface area contributed by atoms with Crippen LogP contribution in [0.2, 0.25) is 0 Å². The number of anilines is 2. The molecular weight excluding hydrogens is 356 g/mol. The summed E-state index contributed by atoms with van der Waals surface area (Å²) in [4.78, 5) is 16.8. The van der Waals surface area contributed by atoms with Gasteiger partial charge in [-0.05, 0) is 36.2 Å². The van der Waals surface area contributed by atoms with Crippen molar-refractivity contribution in [3.05, 3.63) is 54.5 Å². The van der Waals surface area contributed by atoms with Gasteiger partial charge >= 0.3 is 6.03 Å². The quantitative estimate of drug-likeness (QED) is 0.699. The number of ether oxygens (including phenoxy) is 2. The second-order valence-corrected chi connectivity index (χ2v) is 6.54. The smallest absolute Gasteiger partial charge is 0.323 e. The minimum absolute atomic E-state index is 0.329. The number of benzene rings is 2. The highest BCUT2D eigenvalue weighted by atomic mass is 16.5. The average molecular weight is 378 g/mol. The second-order valence-electron chi connectivity index (χ2n) is 6.54. The van der Waals surface area contributed by atoms with Crippen LogP contribution in [0.1, 0.15) is 12.2 Å². The van der Waals surface area contributed by atoms with Gasteiger partial charge in [-0.15, -0.1) is 0 Å². The zero-order valence-electron chi connectivity index (χ0n) is 15.9. The van der Waals surface area contributed by atoms with Crippen molar-refractivity contribution in [3.63, 3.8) is 0 Å². The van der Waals surface area contributed by atoms with Crippen molar-refractivity contribution < 1.29 is 14.3 Å². The molecule has 0 radical (unpaired) electrons. The summed E-state index contributed by atoms with van der Waals surface area (Å²) in [5.41, 5.74) is 3.53. The fraction of sp³-hybridized carbons (Fsp3) is 0.238. The molecule has 0 unspecified atom stereocenters. The normalized spacial score (nSPS) is 12.4. The first-order valence-corrected chi connectivity index (χ1v) is 9.13. The molecule has 3 aromatic rings. The third-order valence-electron chi connectivity index (χ3n) is 4.80. The number of fused-ring (bicyclic) bond motifs is 1. The molecule has 7 nitrogen and oxygen atoms in total. The summed E-state index contributed by atoms with van der Waals surface area (Å²) in [6.07, 6.45) is 4.10. The minimum atomic E-state index is -0.329. The molecule has 0 fully saturated rings. The van der Waals surface area contributed by atoms with E-state index in [1.165, 1.54) is 0 Å². The van der Waals surface area contributed by atoms with E-state index in [4.69, 9.17) is 9.47 Å². The zero-order valence-corrected chi connectivity index (χ0v) is 15.9. The number of nitrogens with one attached hydrogen (secondary N) is 2. The van der Waals surface area contributed by atoms with Crippen molar-refractivity contribution in [1.82, 2.24) is 9.55 Å². The summed E-state index contributed by atoms with van der Waals surface area (Å²) in [6, 6.07) is 12.6. The first-order chi connectivity index (χ1) is 13.7. The van der Waals surface area contributed by atoms with E-state index < -0.39 is 0 Å². The molecule has 7 heteroatoms.